The third-order valence-corrected chi connectivity index (χ3v) is 9.14. The fourth-order valence-electron chi connectivity index (χ4n) is 5.30. The zero-order valence-corrected chi connectivity index (χ0v) is 29.7. The number of fused-ring (bicyclic) bond motifs is 1. The van der Waals surface area contributed by atoms with Crippen LogP contribution in [0.15, 0.2) is 80.1 Å². The van der Waals surface area contributed by atoms with Gasteiger partial charge < -0.3 is 23.7 Å². The van der Waals surface area contributed by atoms with Crippen LogP contribution >= 0.6 is 27.3 Å². The number of carbonyl (C=O) groups excluding carboxylic acids is 1. The number of halogens is 1. The first-order valence-electron chi connectivity index (χ1n) is 15.1. The Hall–Kier alpha value is -4.86. The monoisotopic (exact) mass is 731 g/mol. The smallest absolute Gasteiger partial charge is 0.338 e. The Kier molecular flexibility index (Phi) is 10.7. The van der Waals surface area contributed by atoms with E-state index in [1.54, 1.807) is 63.4 Å². The molecule has 0 saturated heterocycles. The maximum absolute atomic E-state index is 14.2. The van der Waals surface area contributed by atoms with Crippen LogP contribution in [0.25, 0.3) is 6.08 Å². The molecule has 0 N–H and O–H groups in total. The lowest BCUT2D eigenvalue weighted by molar-refractivity contribution is -0.139. The molecule has 1 aliphatic heterocycles. The SMILES string of the molecule is CCOC(=O)C1=C(C)N=c2s/c(=C\c3cc(OC)c(OCc4ccccc4C#N)cc3Br)c(=O)n2[C@H]1c1ccc(OC(C)C)c(OC)c1. The highest BCUT2D eigenvalue weighted by Gasteiger charge is 2.34. The molecule has 0 saturated carbocycles. The summed E-state index contributed by atoms with van der Waals surface area (Å²) >= 11 is 4.83. The van der Waals surface area contributed by atoms with Gasteiger partial charge in [-0.05, 0) is 75.2 Å². The van der Waals surface area contributed by atoms with Gasteiger partial charge in [-0.25, -0.2) is 9.79 Å². The fraction of sp³-hybridized carbons (Fsp3) is 0.278. The van der Waals surface area contributed by atoms with Gasteiger partial charge in [0.25, 0.3) is 5.56 Å². The highest BCUT2D eigenvalue weighted by molar-refractivity contribution is 9.10. The van der Waals surface area contributed by atoms with Gasteiger partial charge in [-0.1, -0.05) is 51.5 Å². The van der Waals surface area contributed by atoms with Crippen LogP contribution in [0.3, 0.4) is 0 Å². The van der Waals surface area contributed by atoms with Crippen LogP contribution < -0.4 is 33.8 Å². The van der Waals surface area contributed by atoms with Crippen molar-refractivity contribution in [1.82, 2.24) is 4.57 Å². The molecule has 248 valence electrons. The van der Waals surface area contributed by atoms with Crippen molar-refractivity contribution in [3.63, 3.8) is 0 Å². The molecule has 0 spiro atoms. The predicted octanol–water partition coefficient (Wildman–Crippen LogP) is 5.82. The van der Waals surface area contributed by atoms with Gasteiger partial charge in [-0.3, -0.25) is 9.36 Å². The number of methoxy groups -OCH3 is 2. The minimum atomic E-state index is -0.825. The molecule has 3 aromatic carbocycles. The predicted molar refractivity (Wildman–Crippen MR) is 185 cm³/mol. The molecule has 0 unspecified atom stereocenters. The van der Waals surface area contributed by atoms with Gasteiger partial charge >= 0.3 is 5.97 Å². The van der Waals surface area contributed by atoms with E-state index in [4.69, 9.17) is 23.7 Å². The summed E-state index contributed by atoms with van der Waals surface area (Å²) in [5.41, 5.74) is 2.95. The van der Waals surface area contributed by atoms with E-state index in [1.807, 2.05) is 32.0 Å². The molecular weight excluding hydrogens is 698 g/mol. The second kappa shape index (κ2) is 14.9. The Balaban J connectivity index is 1.60. The molecule has 12 heteroatoms. The van der Waals surface area contributed by atoms with Crippen molar-refractivity contribution < 1.29 is 28.5 Å². The van der Waals surface area contributed by atoms with Crippen LogP contribution in [0.1, 0.15) is 56.0 Å². The van der Waals surface area contributed by atoms with Gasteiger partial charge in [0.15, 0.2) is 27.8 Å². The highest BCUT2D eigenvalue weighted by Crippen LogP contribution is 2.37. The first-order chi connectivity index (χ1) is 23.1. The summed E-state index contributed by atoms with van der Waals surface area (Å²) in [5, 5.41) is 9.43. The van der Waals surface area contributed by atoms with Gasteiger partial charge in [0, 0.05) is 10.0 Å². The Morgan fingerprint density at radius 1 is 1.08 bits per heavy atom. The lowest BCUT2D eigenvalue weighted by atomic mass is 9.95. The molecule has 2 heterocycles. The van der Waals surface area contributed by atoms with E-state index >= 15 is 0 Å². The van der Waals surface area contributed by atoms with Gasteiger partial charge in [-0.2, -0.15) is 5.26 Å². The minimum absolute atomic E-state index is 0.0847. The lowest BCUT2D eigenvalue weighted by Gasteiger charge is -2.25. The molecule has 4 aromatic rings. The number of aromatic nitrogens is 1. The molecule has 0 aliphatic carbocycles. The van der Waals surface area contributed by atoms with Crippen molar-refractivity contribution in [3.05, 3.63) is 112 Å². The molecule has 5 rings (SSSR count). The Bertz CT molecular complexity index is 2130. The quantitative estimate of drug-likeness (QED) is 0.177. The molecule has 0 fully saturated rings. The number of allylic oxidation sites excluding steroid dienone is 1. The topological polar surface area (TPSA) is 121 Å². The number of hydrogen-bond donors (Lipinski definition) is 0. The number of nitrogens with zero attached hydrogens (tertiary/aromatic N) is 3. The zero-order valence-electron chi connectivity index (χ0n) is 27.3. The van der Waals surface area contributed by atoms with Crippen LogP contribution in [0.2, 0.25) is 0 Å². The van der Waals surface area contributed by atoms with E-state index < -0.39 is 12.0 Å². The van der Waals surface area contributed by atoms with Gasteiger partial charge in [0.2, 0.25) is 0 Å². The molecule has 0 radical (unpaired) electrons. The second-order valence-electron chi connectivity index (χ2n) is 11.0. The molecule has 0 bridgehead atoms. The van der Waals surface area contributed by atoms with Crippen molar-refractivity contribution in [2.75, 3.05) is 20.8 Å². The van der Waals surface area contributed by atoms with Crippen LogP contribution in [-0.2, 0) is 16.1 Å². The summed E-state index contributed by atoms with van der Waals surface area (Å²) in [4.78, 5) is 32.7. The number of esters is 1. The highest BCUT2D eigenvalue weighted by atomic mass is 79.9. The average molecular weight is 733 g/mol. The largest absolute Gasteiger partial charge is 0.493 e. The molecule has 1 aliphatic rings. The van der Waals surface area contributed by atoms with Crippen LogP contribution in [0.5, 0.6) is 23.0 Å². The van der Waals surface area contributed by atoms with Crippen molar-refractivity contribution in [3.8, 4) is 29.1 Å². The van der Waals surface area contributed by atoms with Crippen molar-refractivity contribution >= 4 is 39.3 Å². The first-order valence-corrected chi connectivity index (χ1v) is 16.7. The van der Waals surface area contributed by atoms with E-state index in [2.05, 4.69) is 27.0 Å². The van der Waals surface area contributed by atoms with Gasteiger partial charge in [-0.15, -0.1) is 0 Å². The van der Waals surface area contributed by atoms with Crippen molar-refractivity contribution in [2.45, 2.75) is 46.4 Å². The standard InChI is InChI=1S/C36H34BrN3O7S/c1-7-45-35(42)32-21(4)39-36-40(33(32)22-12-13-27(47-20(2)3)28(14-22)43-5)34(41)31(48-36)16-25-15-29(44-6)30(17-26(25)37)46-19-24-11-9-8-10-23(24)18-38/h8-17,20,33H,7,19H2,1-6H3/b31-16-/t33-/m0/s1. The number of thiazole rings is 1. The Morgan fingerprint density at radius 2 is 1.81 bits per heavy atom. The summed E-state index contributed by atoms with van der Waals surface area (Å²) in [6, 6.07) is 17.4. The fourth-order valence-corrected chi connectivity index (χ4v) is 6.77. The number of benzene rings is 3. The zero-order chi connectivity index (χ0) is 34.5. The van der Waals surface area contributed by atoms with Gasteiger partial charge in [0.1, 0.15) is 6.61 Å². The molecule has 48 heavy (non-hydrogen) atoms. The summed E-state index contributed by atoms with van der Waals surface area (Å²) in [6.07, 6.45) is 1.66. The minimum Gasteiger partial charge on any atom is -0.493 e. The number of ether oxygens (including phenoxy) is 5. The van der Waals surface area contributed by atoms with E-state index in [1.165, 1.54) is 23.0 Å². The Labute approximate surface area is 290 Å². The summed E-state index contributed by atoms with van der Waals surface area (Å²) in [5.74, 6) is 1.36. The maximum atomic E-state index is 14.2. The molecule has 0 amide bonds. The van der Waals surface area contributed by atoms with Crippen LogP contribution in [-0.4, -0.2) is 37.5 Å². The van der Waals surface area contributed by atoms with Crippen LogP contribution in [0.4, 0.5) is 0 Å². The molecule has 1 atom stereocenters. The average Bonchev–Trinajstić information content (AvgIpc) is 3.37. The van der Waals surface area contributed by atoms with Gasteiger partial charge in [0.05, 0.1) is 60.4 Å². The maximum Gasteiger partial charge on any atom is 0.338 e. The number of nitriles is 1. The molecular formula is C36H34BrN3O7S. The lowest BCUT2D eigenvalue weighted by Crippen LogP contribution is -2.40. The first kappa shape index (κ1) is 34.5. The summed E-state index contributed by atoms with van der Waals surface area (Å²) in [6.45, 7) is 7.63. The van der Waals surface area contributed by atoms with E-state index in [-0.39, 0.29) is 30.5 Å². The third kappa shape index (κ3) is 7.02. The van der Waals surface area contributed by atoms with E-state index in [9.17, 15) is 14.9 Å². The number of rotatable bonds is 11. The van der Waals surface area contributed by atoms with E-state index in [0.717, 1.165) is 5.56 Å². The number of hydrogen-bond acceptors (Lipinski definition) is 10. The Morgan fingerprint density at radius 3 is 2.50 bits per heavy atom. The normalized spacial score (nSPS) is 14.2. The molecule has 10 nitrogen and oxygen atoms in total. The number of carbonyl (C=O) groups is 1. The third-order valence-electron chi connectivity index (χ3n) is 7.47. The summed E-state index contributed by atoms with van der Waals surface area (Å²) in [7, 11) is 3.07. The van der Waals surface area contributed by atoms with Crippen molar-refractivity contribution in [1.29, 1.82) is 5.26 Å². The summed E-state index contributed by atoms with van der Waals surface area (Å²) < 4.78 is 31.2. The van der Waals surface area contributed by atoms with E-state index in [0.29, 0.717) is 59.2 Å². The van der Waals surface area contributed by atoms with Crippen molar-refractivity contribution in [2.24, 2.45) is 4.99 Å². The molecule has 1 aromatic heterocycles. The second-order valence-corrected chi connectivity index (χ2v) is 12.8. The van der Waals surface area contributed by atoms with Crippen LogP contribution in [0, 0.1) is 11.3 Å².